The molecule has 3 rings (SSSR count). The van der Waals surface area contributed by atoms with E-state index in [4.69, 9.17) is 21.1 Å². The third-order valence-corrected chi connectivity index (χ3v) is 5.03. The second-order valence-electron chi connectivity index (χ2n) is 6.52. The number of nitrogens with zero attached hydrogens (tertiary/aromatic N) is 4. The summed E-state index contributed by atoms with van der Waals surface area (Å²) in [7, 11) is 3.27. The summed E-state index contributed by atoms with van der Waals surface area (Å²) in [5.41, 5.74) is 1.40. The zero-order chi connectivity index (χ0) is 21.0. The number of methoxy groups -OCH3 is 1. The first-order valence-corrected chi connectivity index (χ1v) is 9.55. The second kappa shape index (κ2) is 9.00. The fourth-order valence-corrected chi connectivity index (χ4v) is 3.37. The summed E-state index contributed by atoms with van der Waals surface area (Å²) < 4.78 is 12.4. The molecule has 1 aromatic carbocycles. The van der Waals surface area contributed by atoms with Crippen molar-refractivity contribution in [1.82, 2.24) is 19.8 Å². The van der Waals surface area contributed by atoms with Crippen molar-refractivity contribution >= 4 is 29.5 Å². The number of aromatic nitrogens is 2. The van der Waals surface area contributed by atoms with E-state index in [1.807, 2.05) is 13.0 Å². The molecule has 154 valence electrons. The zero-order valence-corrected chi connectivity index (χ0v) is 17.3. The summed E-state index contributed by atoms with van der Waals surface area (Å²) in [5.74, 6) is 0.418. The number of benzene rings is 1. The molecule has 2 aromatic rings. The Labute approximate surface area is 174 Å². The number of hydrazine groups is 1. The van der Waals surface area contributed by atoms with E-state index in [2.05, 4.69) is 5.10 Å². The minimum absolute atomic E-state index is 0.193. The highest BCUT2D eigenvalue weighted by Crippen LogP contribution is 2.26. The smallest absolute Gasteiger partial charge is 0.279 e. The van der Waals surface area contributed by atoms with Gasteiger partial charge in [-0.25, -0.2) is 10.0 Å². The molecule has 0 aliphatic carbocycles. The molecule has 1 saturated heterocycles. The Morgan fingerprint density at radius 3 is 2.55 bits per heavy atom. The van der Waals surface area contributed by atoms with Gasteiger partial charge in [0.15, 0.2) is 18.1 Å². The van der Waals surface area contributed by atoms with Crippen LogP contribution in [0.15, 0.2) is 30.3 Å². The standard InChI is InChI=1S/C20H23ClN4O4/c1-14-15(20(21)23(2)22-14)9-10-18(26)24-11-6-12-25(24)19(27)13-29-17-8-5-4-7-16(17)28-3/h4-5,7-10H,6,11-13H2,1-3H3. The number of para-hydroxylation sites is 2. The predicted molar refractivity (Wildman–Crippen MR) is 109 cm³/mol. The van der Waals surface area contributed by atoms with E-state index in [1.165, 1.54) is 23.2 Å². The van der Waals surface area contributed by atoms with Gasteiger partial charge in [0.25, 0.3) is 11.8 Å². The average Bonchev–Trinajstić information content (AvgIpc) is 3.30. The molecule has 0 unspecified atom stereocenters. The molecule has 0 spiro atoms. The summed E-state index contributed by atoms with van der Waals surface area (Å²) in [6.45, 7) is 2.54. The van der Waals surface area contributed by atoms with Crippen LogP contribution >= 0.6 is 11.6 Å². The van der Waals surface area contributed by atoms with Crippen LogP contribution in [-0.2, 0) is 16.6 Å². The van der Waals surface area contributed by atoms with Crippen LogP contribution in [0.5, 0.6) is 11.5 Å². The first-order valence-electron chi connectivity index (χ1n) is 9.17. The molecule has 1 aliphatic rings. The Balaban J connectivity index is 1.65. The van der Waals surface area contributed by atoms with E-state index < -0.39 is 0 Å². The maximum absolute atomic E-state index is 12.7. The summed E-state index contributed by atoms with van der Waals surface area (Å²) in [5, 5.41) is 7.50. The monoisotopic (exact) mass is 418 g/mol. The van der Waals surface area contributed by atoms with E-state index in [-0.39, 0.29) is 18.4 Å². The quantitative estimate of drug-likeness (QED) is 0.673. The highest BCUT2D eigenvalue weighted by atomic mass is 35.5. The van der Waals surface area contributed by atoms with E-state index >= 15 is 0 Å². The fourth-order valence-electron chi connectivity index (χ4n) is 3.13. The third kappa shape index (κ3) is 4.54. The van der Waals surface area contributed by atoms with Crippen molar-refractivity contribution in [3.63, 3.8) is 0 Å². The number of carbonyl (C=O) groups is 2. The van der Waals surface area contributed by atoms with Gasteiger partial charge < -0.3 is 9.47 Å². The third-order valence-electron chi connectivity index (χ3n) is 4.58. The maximum atomic E-state index is 12.7. The minimum atomic E-state index is -0.300. The Kier molecular flexibility index (Phi) is 6.43. The van der Waals surface area contributed by atoms with Gasteiger partial charge in [-0.15, -0.1) is 0 Å². The first kappa shape index (κ1) is 20.7. The van der Waals surface area contributed by atoms with Crippen LogP contribution < -0.4 is 9.47 Å². The second-order valence-corrected chi connectivity index (χ2v) is 6.88. The molecule has 0 radical (unpaired) electrons. The van der Waals surface area contributed by atoms with Gasteiger partial charge in [-0.05, 0) is 31.6 Å². The lowest BCUT2D eigenvalue weighted by molar-refractivity contribution is -0.156. The number of rotatable bonds is 6. The molecule has 0 bridgehead atoms. The molecule has 1 aliphatic heterocycles. The largest absolute Gasteiger partial charge is 0.493 e. The van der Waals surface area contributed by atoms with Crippen molar-refractivity contribution < 1.29 is 19.1 Å². The Morgan fingerprint density at radius 1 is 1.21 bits per heavy atom. The summed E-state index contributed by atoms with van der Waals surface area (Å²) >= 11 is 6.19. The van der Waals surface area contributed by atoms with Crippen molar-refractivity contribution in [2.75, 3.05) is 26.8 Å². The van der Waals surface area contributed by atoms with Gasteiger partial charge in [0, 0.05) is 31.8 Å². The summed E-state index contributed by atoms with van der Waals surface area (Å²) in [6.07, 6.45) is 3.73. The van der Waals surface area contributed by atoms with Gasteiger partial charge in [0.2, 0.25) is 0 Å². The van der Waals surface area contributed by atoms with E-state index in [1.54, 1.807) is 36.0 Å². The van der Waals surface area contributed by atoms with Gasteiger partial charge in [-0.1, -0.05) is 23.7 Å². The van der Waals surface area contributed by atoms with Gasteiger partial charge in [0.1, 0.15) is 5.15 Å². The lowest BCUT2D eigenvalue weighted by Crippen LogP contribution is -2.46. The lowest BCUT2D eigenvalue weighted by Gasteiger charge is -2.27. The molecule has 29 heavy (non-hydrogen) atoms. The van der Waals surface area contributed by atoms with Crippen molar-refractivity contribution in [3.8, 4) is 11.5 Å². The number of amides is 2. The van der Waals surface area contributed by atoms with Crippen LogP contribution in [0, 0.1) is 6.92 Å². The maximum Gasteiger partial charge on any atom is 0.279 e. The SMILES string of the molecule is COc1ccccc1OCC(=O)N1CCCN1C(=O)C=Cc1c(C)nn(C)c1Cl. The van der Waals surface area contributed by atoms with Gasteiger partial charge in [-0.3, -0.25) is 14.3 Å². The summed E-state index contributed by atoms with van der Waals surface area (Å²) in [4.78, 5) is 25.3. The number of ether oxygens (including phenoxy) is 2. The molecule has 9 heteroatoms. The average molecular weight is 419 g/mol. The van der Waals surface area contributed by atoms with Crippen molar-refractivity contribution in [1.29, 1.82) is 0 Å². The van der Waals surface area contributed by atoms with Crippen molar-refractivity contribution in [3.05, 3.63) is 46.8 Å². The Bertz CT molecular complexity index is 941. The highest BCUT2D eigenvalue weighted by Gasteiger charge is 2.30. The predicted octanol–water partition coefficient (Wildman–Crippen LogP) is 2.46. The van der Waals surface area contributed by atoms with Crippen molar-refractivity contribution in [2.45, 2.75) is 13.3 Å². The molecule has 1 fully saturated rings. The van der Waals surface area contributed by atoms with E-state index in [0.29, 0.717) is 41.7 Å². The van der Waals surface area contributed by atoms with Gasteiger partial charge in [-0.2, -0.15) is 5.10 Å². The molecule has 2 amide bonds. The van der Waals surface area contributed by atoms with Crippen LogP contribution in [0.3, 0.4) is 0 Å². The Hall–Kier alpha value is -3.00. The van der Waals surface area contributed by atoms with Crippen LogP contribution in [0.4, 0.5) is 0 Å². The van der Waals surface area contributed by atoms with Crippen LogP contribution in [-0.4, -0.2) is 58.4 Å². The summed E-state index contributed by atoms with van der Waals surface area (Å²) in [6, 6.07) is 7.09. The molecular formula is C20H23ClN4O4. The Morgan fingerprint density at radius 2 is 1.90 bits per heavy atom. The lowest BCUT2D eigenvalue weighted by atomic mass is 10.2. The van der Waals surface area contributed by atoms with Crippen LogP contribution in [0.25, 0.3) is 6.08 Å². The van der Waals surface area contributed by atoms with E-state index in [0.717, 1.165) is 5.69 Å². The first-order chi connectivity index (χ1) is 13.9. The molecule has 0 atom stereocenters. The molecule has 0 saturated carbocycles. The molecule has 1 aromatic heterocycles. The molecule has 2 heterocycles. The molecular weight excluding hydrogens is 396 g/mol. The van der Waals surface area contributed by atoms with Crippen LogP contribution in [0.2, 0.25) is 5.15 Å². The topological polar surface area (TPSA) is 76.9 Å². The fraction of sp³-hybridized carbons (Fsp3) is 0.350. The number of halogens is 1. The van der Waals surface area contributed by atoms with Crippen LogP contribution in [0.1, 0.15) is 17.7 Å². The zero-order valence-electron chi connectivity index (χ0n) is 16.6. The van der Waals surface area contributed by atoms with Gasteiger partial charge in [0.05, 0.1) is 12.8 Å². The number of hydrogen-bond acceptors (Lipinski definition) is 5. The van der Waals surface area contributed by atoms with Crippen molar-refractivity contribution in [2.24, 2.45) is 7.05 Å². The number of hydrogen-bond donors (Lipinski definition) is 0. The normalized spacial score (nSPS) is 13.9. The van der Waals surface area contributed by atoms with Gasteiger partial charge >= 0.3 is 0 Å². The number of carbonyl (C=O) groups excluding carboxylic acids is 2. The van der Waals surface area contributed by atoms with E-state index in [9.17, 15) is 9.59 Å². The molecule has 8 nitrogen and oxygen atoms in total. The highest BCUT2D eigenvalue weighted by molar-refractivity contribution is 6.31. The minimum Gasteiger partial charge on any atom is -0.493 e. The number of aryl methyl sites for hydroxylation is 2. The molecule has 0 N–H and O–H groups in total.